The van der Waals surface area contributed by atoms with Crippen LogP contribution in [-0.4, -0.2) is 34.4 Å². The lowest BCUT2D eigenvalue weighted by Gasteiger charge is -2.55. The van der Waals surface area contributed by atoms with Gasteiger partial charge in [0.15, 0.2) is 4.80 Å². The molecule has 6 nitrogen and oxygen atoms in total. The summed E-state index contributed by atoms with van der Waals surface area (Å²) in [5, 5.41) is 7.04. The Morgan fingerprint density at radius 2 is 2.04 bits per heavy atom. The van der Waals surface area contributed by atoms with Gasteiger partial charge in [-0.15, -0.1) is 0 Å². The van der Waals surface area contributed by atoms with Crippen LogP contribution in [0, 0.1) is 23.2 Å². The number of H-pyrrole nitrogens is 1. The fourth-order valence-corrected chi connectivity index (χ4v) is 6.90. The van der Waals surface area contributed by atoms with Crippen molar-refractivity contribution in [3.63, 3.8) is 0 Å². The fraction of sp³-hybridized carbons (Fsp3) is 0.650. The summed E-state index contributed by atoms with van der Waals surface area (Å²) in [6.45, 7) is 1.28. The van der Waals surface area contributed by atoms with Gasteiger partial charge < -0.3 is 9.30 Å². The van der Waals surface area contributed by atoms with E-state index in [1.807, 2.05) is 16.8 Å². The zero-order valence-corrected chi connectivity index (χ0v) is 16.5. The maximum atomic E-state index is 13.4. The van der Waals surface area contributed by atoms with Gasteiger partial charge in [-0.1, -0.05) is 11.3 Å². The number of amides is 1. The molecular weight excluding hydrogens is 360 g/mol. The van der Waals surface area contributed by atoms with E-state index in [-0.39, 0.29) is 11.3 Å². The molecule has 0 spiro atoms. The molecule has 0 radical (unpaired) electrons. The summed E-state index contributed by atoms with van der Waals surface area (Å²) < 4.78 is 7.29. The van der Waals surface area contributed by atoms with Gasteiger partial charge in [0, 0.05) is 26.0 Å². The number of nitrogens with one attached hydrogen (secondary N) is 1. The molecule has 0 atom stereocenters. The van der Waals surface area contributed by atoms with Gasteiger partial charge in [-0.25, -0.2) is 0 Å². The highest BCUT2D eigenvalue weighted by molar-refractivity contribution is 7.12. The van der Waals surface area contributed by atoms with Crippen LogP contribution in [0.2, 0.25) is 0 Å². The van der Waals surface area contributed by atoms with E-state index in [9.17, 15) is 4.79 Å². The molecule has 1 N–H and O–H groups in total. The number of thiazole rings is 1. The van der Waals surface area contributed by atoms with Gasteiger partial charge in [-0.05, 0) is 62.3 Å². The van der Waals surface area contributed by atoms with Crippen molar-refractivity contribution in [3.8, 4) is 10.6 Å². The van der Waals surface area contributed by atoms with Crippen LogP contribution in [-0.2, 0) is 16.1 Å². The van der Waals surface area contributed by atoms with Crippen molar-refractivity contribution in [3.05, 3.63) is 23.3 Å². The molecule has 4 aliphatic rings. The summed E-state index contributed by atoms with van der Waals surface area (Å²) in [5.41, 5.74) is 0.765. The minimum Gasteiger partial charge on any atom is -0.383 e. The summed E-state index contributed by atoms with van der Waals surface area (Å²) >= 11 is 1.55. The summed E-state index contributed by atoms with van der Waals surface area (Å²) in [6, 6.07) is 1.94. The van der Waals surface area contributed by atoms with Gasteiger partial charge in [-0.2, -0.15) is 10.1 Å². The molecule has 144 valence electrons. The molecular formula is C20H26N4O2S. The van der Waals surface area contributed by atoms with Gasteiger partial charge in [0.25, 0.3) is 5.91 Å². The van der Waals surface area contributed by atoms with Crippen molar-refractivity contribution >= 4 is 17.2 Å². The molecule has 27 heavy (non-hydrogen) atoms. The minimum absolute atomic E-state index is 0.116. The van der Waals surface area contributed by atoms with Crippen molar-refractivity contribution in [2.45, 2.75) is 45.1 Å². The van der Waals surface area contributed by atoms with Gasteiger partial charge in [-0.3, -0.25) is 9.89 Å². The van der Waals surface area contributed by atoms with Crippen LogP contribution >= 0.6 is 11.3 Å². The van der Waals surface area contributed by atoms with Crippen LogP contribution in [0.1, 0.15) is 38.5 Å². The van der Waals surface area contributed by atoms with Gasteiger partial charge in [0.2, 0.25) is 0 Å². The predicted molar refractivity (Wildman–Crippen MR) is 103 cm³/mol. The molecule has 0 saturated heterocycles. The Labute approximate surface area is 162 Å². The molecule has 2 heterocycles. The lowest BCUT2D eigenvalue weighted by atomic mass is 9.49. The standard InChI is InChI=1S/C20H26N4O2S/c1-26-5-4-24-12-17(16-2-3-21-23-16)27-19(24)22-18(25)20-9-13-6-14(10-20)8-15(7-13)11-20/h2-3,12-15H,4-11H2,1H3,(H,21,23). The molecule has 4 aliphatic carbocycles. The van der Waals surface area contributed by atoms with Gasteiger partial charge in [0.1, 0.15) is 0 Å². The Hall–Kier alpha value is -1.73. The maximum Gasteiger partial charge on any atom is 0.254 e. The summed E-state index contributed by atoms with van der Waals surface area (Å²) in [5.74, 6) is 2.37. The molecule has 1 amide bonds. The van der Waals surface area contributed by atoms with Crippen LogP contribution < -0.4 is 4.80 Å². The third kappa shape index (κ3) is 3.10. The number of aromatic amines is 1. The van der Waals surface area contributed by atoms with Gasteiger partial charge >= 0.3 is 0 Å². The molecule has 0 unspecified atom stereocenters. The average Bonchev–Trinajstić information content (AvgIpc) is 3.28. The second-order valence-electron chi connectivity index (χ2n) is 8.65. The van der Waals surface area contributed by atoms with Crippen LogP contribution in [0.4, 0.5) is 0 Å². The normalized spacial score (nSPS) is 32.3. The van der Waals surface area contributed by atoms with E-state index in [0.717, 1.165) is 52.4 Å². The minimum atomic E-state index is -0.189. The van der Waals surface area contributed by atoms with E-state index in [1.165, 1.54) is 19.3 Å². The number of ether oxygens (including phenoxy) is 1. The molecule has 2 aromatic heterocycles. The topological polar surface area (TPSA) is 72.3 Å². The van der Waals surface area contributed by atoms with Crippen molar-refractivity contribution in [2.24, 2.45) is 28.2 Å². The first-order valence-electron chi connectivity index (χ1n) is 9.93. The summed E-state index contributed by atoms with van der Waals surface area (Å²) in [6.07, 6.45) is 11.0. The van der Waals surface area contributed by atoms with Crippen molar-refractivity contribution in [2.75, 3.05) is 13.7 Å². The van der Waals surface area contributed by atoms with E-state index >= 15 is 0 Å². The smallest absolute Gasteiger partial charge is 0.254 e. The van der Waals surface area contributed by atoms with E-state index in [2.05, 4.69) is 15.2 Å². The zero-order chi connectivity index (χ0) is 18.4. The number of rotatable bonds is 5. The number of carbonyl (C=O) groups excluding carboxylic acids is 1. The monoisotopic (exact) mass is 386 g/mol. The Kier molecular flexibility index (Phi) is 4.31. The third-order valence-electron chi connectivity index (χ3n) is 6.71. The number of hydrogen-bond donors (Lipinski definition) is 1. The highest BCUT2D eigenvalue weighted by Crippen LogP contribution is 2.60. The molecule has 2 aromatic rings. The van der Waals surface area contributed by atoms with E-state index in [1.54, 1.807) is 24.6 Å². The first-order chi connectivity index (χ1) is 13.1. The first kappa shape index (κ1) is 17.4. The van der Waals surface area contributed by atoms with Crippen LogP contribution in [0.25, 0.3) is 10.6 Å². The number of nitrogens with zero attached hydrogens (tertiary/aromatic N) is 3. The molecule has 0 aromatic carbocycles. The van der Waals surface area contributed by atoms with Crippen LogP contribution in [0.3, 0.4) is 0 Å². The molecule has 4 saturated carbocycles. The summed E-state index contributed by atoms with van der Waals surface area (Å²) in [7, 11) is 1.69. The first-order valence-corrected chi connectivity index (χ1v) is 10.7. The number of methoxy groups -OCH3 is 1. The largest absolute Gasteiger partial charge is 0.383 e. The average molecular weight is 387 g/mol. The van der Waals surface area contributed by atoms with E-state index in [0.29, 0.717) is 13.2 Å². The van der Waals surface area contributed by atoms with Gasteiger partial charge in [0.05, 0.1) is 22.6 Å². The molecule has 4 fully saturated rings. The van der Waals surface area contributed by atoms with E-state index in [4.69, 9.17) is 4.74 Å². The molecule has 4 bridgehead atoms. The quantitative estimate of drug-likeness (QED) is 0.857. The highest BCUT2D eigenvalue weighted by atomic mass is 32.1. The Balaban J connectivity index is 1.49. The fourth-order valence-electron chi connectivity index (χ4n) is 5.91. The SMILES string of the molecule is COCCn1cc(-c2ccn[nH]2)sc1=NC(=O)C12CC3CC(CC(C3)C1)C2. The molecule has 7 heteroatoms. The third-order valence-corrected chi connectivity index (χ3v) is 7.77. The molecule has 6 rings (SSSR count). The maximum absolute atomic E-state index is 13.4. The zero-order valence-electron chi connectivity index (χ0n) is 15.7. The van der Waals surface area contributed by atoms with Crippen molar-refractivity contribution < 1.29 is 9.53 Å². The lowest BCUT2D eigenvalue weighted by molar-refractivity contribution is -0.142. The van der Waals surface area contributed by atoms with Crippen molar-refractivity contribution in [1.29, 1.82) is 0 Å². The lowest BCUT2D eigenvalue weighted by Crippen LogP contribution is -2.49. The Bertz CT molecular complexity index is 860. The van der Waals surface area contributed by atoms with Crippen molar-refractivity contribution in [1.82, 2.24) is 14.8 Å². The second kappa shape index (κ2) is 6.71. The number of carbonyl (C=O) groups is 1. The molecule has 0 aliphatic heterocycles. The van der Waals surface area contributed by atoms with E-state index < -0.39 is 0 Å². The summed E-state index contributed by atoms with van der Waals surface area (Å²) in [4.78, 5) is 19.9. The Morgan fingerprint density at radius 3 is 2.63 bits per heavy atom. The number of hydrogen-bond acceptors (Lipinski definition) is 4. The number of aromatic nitrogens is 3. The highest BCUT2D eigenvalue weighted by Gasteiger charge is 2.54. The Morgan fingerprint density at radius 1 is 1.33 bits per heavy atom. The van der Waals surface area contributed by atoms with Crippen LogP contribution in [0.5, 0.6) is 0 Å². The predicted octanol–water partition coefficient (Wildman–Crippen LogP) is 3.23. The second-order valence-corrected chi connectivity index (χ2v) is 9.66. The van der Waals surface area contributed by atoms with Crippen LogP contribution in [0.15, 0.2) is 23.5 Å².